The summed E-state index contributed by atoms with van der Waals surface area (Å²) in [5.74, 6) is 0.0101. The minimum atomic E-state index is -0.0762. The molecule has 3 aromatic rings. The van der Waals surface area contributed by atoms with Gasteiger partial charge in [-0.25, -0.2) is 0 Å². The summed E-state index contributed by atoms with van der Waals surface area (Å²) in [5, 5.41) is 6.54. The van der Waals surface area contributed by atoms with Gasteiger partial charge in [-0.3, -0.25) is 14.5 Å². The first-order valence-electron chi connectivity index (χ1n) is 10.8. The molecule has 0 bridgehead atoms. The Morgan fingerprint density at radius 1 is 0.906 bits per heavy atom. The third kappa shape index (κ3) is 5.96. The molecule has 0 aromatic heterocycles. The molecular weight excluding hydrogens is 422 g/mol. The molecular formula is C26H26ClN3O2. The zero-order chi connectivity index (χ0) is 22.3. The van der Waals surface area contributed by atoms with Crippen LogP contribution in [-0.4, -0.2) is 42.9 Å². The summed E-state index contributed by atoms with van der Waals surface area (Å²) in [7, 11) is 0. The second-order valence-electron chi connectivity index (χ2n) is 7.97. The maximum atomic E-state index is 12.5. The highest BCUT2D eigenvalue weighted by Gasteiger charge is 2.15. The van der Waals surface area contributed by atoms with Crippen molar-refractivity contribution >= 4 is 23.4 Å². The molecule has 1 aliphatic heterocycles. The van der Waals surface area contributed by atoms with Gasteiger partial charge in [-0.05, 0) is 52.9 Å². The average Bonchev–Trinajstić information content (AvgIpc) is 2.81. The lowest BCUT2D eigenvalue weighted by atomic mass is 10.0. The Kier molecular flexibility index (Phi) is 7.20. The van der Waals surface area contributed by atoms with E-state index in [1.54, 1.807) is 0 Å². The summed E-state index contributed by atoms with van der Waals surface area (Å²) in [6.07, 6.45) is 0.765. The molecule has 6 heteroatoms. The predicted octanol–water partition coefficient (Wildman–Crippen LogP) is 3.91. The van der Waals surface area contributed by atoms with E-state index in [0.717, 1.165) is 30.6 Å². The van der Waals surface area contributed by atoms with Crippen LogP contribution in [-0.2, 0) is 17.8 Å². The van der Waals surface area contributed by atoms with Crippen LogP contribution in [0.3, 0.4) is 0 Å². The summed E-state index contributed by atoms with van der Waals surface area (Å²) in [4.78, 5) is 26.1. The number of amides is 2. The Labute approximate surface area is 193 Å². The van der Waals surface area contributed by atoms with Gasteiger partial charge in [0.1, 0.15) is 0 Å². The molecule has 0 radical (unpaired) electrons. The number of halogens is 1. The second kappa shape index (κ2) is 10.4. The van der Waals surface area contributed by atoms with Gasteiger partial charge in [-0.1, -0.05) is 60.1 Å². The van der Waals surface area contributed by atoms with E-state index in [9.17, 15) is 9.59 Å². The molecule has 2 N–H and O–H groups in total. The maximum absolute atomic E-state index is 12.5. The minimum absolute atomic E-state index is 0.0762. The first-order chi connectivity index (χ1) is 15.6. The highest BCUT2D eigenvalue weighted by molar-refractivity contribution is 6.30. The van der Waals surface area contributed by atoms with Gasteiger partial charge < -0.3 is 10.6 Å². The number of hydrogen-bond donors (Lipinski definition) is 2. The first kappa shape index (κ1) is 22.1. The van der Waals surface area contributed by atoms with Gasteiger partial charge in [0.25, 0.3) is 5.91 Å². The summed E-state index contributed by atoms with van der Waals surface area (Å²) >= 11 is 5.94. The molecule has 0 saturated carbocycles. The van der Waals surface area contributed by atoms with Gasteiger partial charge in [0.05, 0.1) is 6.54 Å². The molecule has 3 aromatic carbocycles. The van der Waals surface area contributed by atoms with Gasteiger partial charge in [-0.15, -0.1) is 0 Å². The van der Waals surface area contributed by atoms with Gasteiger partial charge in [0.15, 0.2) is 0 Å². The Morgan fingerprint density at radius 2 is 1.53 bits per heavy atom. The molecule has 5 nitrogen and oxygen atoms in total. The third-order valence-electron chi connectivity index (χ3n) is 5.57. The van der Waals surface area contributed by atoms with E-state index >= 15 is 0 Å². The molecule has 0 aliphatic carbocycles. The molecule has 164 valence electrons. The molecule has 1 fully saturated rings. The van der Waals surface area contributed by atoms with Crippen LogP contribution in [0.15, 0.2) is 72.8 Å². The SMILES string of the molecule is O=C1CN(Cc2ccc(CCNC(=O)c3ccc(-c4ccc(Cl)cc4)cc3)cc2)CCN1. The lowest BCUT2D eigenvalue weighted by Gasteiger charge is -2.26. The summed E-state index contributed by atoms with van der Waals surface area (Å²) in [5.41, 5.74) is 5.11. The van der Waals surface area contributed by atoms with Gasteiger partial charge in [-0.2, -0.15) is 0 Å². The van der Waals surface area contributed by atoms with Crippen molar-refractivity contribution in [2.75, 3.05) is 26.2 Å². The molecule has 0 spiro atoms. The van der Waals surface area contributed by atoms with E-state index < -0.39 is 0 Å². The molecule has 4 rings (SSSR count). The minimum Gasteiger partial charge on any atom is -0.354 e. The largest absolute Gasteiger partial charge is 0.354 e. The first-order valence-corrected chi connectivity index (χ1v) is 11.2. The van der Waals surface area contributed by atoms with Crippen molar-refractivity contribution < 1.29 is 9.59 Å². The quantitative estimate of drug-likeness (QED) is 0.577. The van der Waals surface area contributed by atoms with Crippen molar-refractivity contribution in [3.8, 4) is 11.1 Å². The van der Waals surface area contributed by atoms with Crippen LogP contribution in [0.2, 0.25) is 5.02 Å². The van der Waals surface area contributed by atoms with Crippen molar-refractivity contribution in [2.24, 2.45) is 0 Å². The van der Waals surface area contributed by atoms with E-state index in [4.69, 9.17) is 11.6 Å². The van der Waals surface area contributed by atoms with Crippen molar-refractivity contribution in [2.45, 2.75) is 13.0 Å². The molecule has 32 heavy (non-hydrogen) atoms. The lowest BCUT2D eigenvalue weighted by Crippen LogP contribution is -2.47. The Morgan fingerprint density at radius 3 is 2.19 bits per heavy atom. The van der Waals surface area contributed by atoms with Gasteiger partial charge >= 0.3 is 0 Å². The van der Waals surface area contributed by atoms with Crippen molar-refractivity contribution in [1.29, 1.82) is 0 Å². The van der Waals surface area contributed by atoms with E-state index in [-0.39, 0.29) is 11.8 Å². The van der Waals surface area contributed by atoms with E-state index in [1.165, 1.54) is 11.1 Å². The van der Waals surface area contributed by atoms with Crippen LogP contribution in [0.25, 0.3) is 11.1 Å². The standard InChI is InChI=1S/C26H26ClN3O2/c27-24-11-9-22(10-12-24)21-5-7-23(8-6-21)26(32)29-14-13-19-1-3-20(4-2-19)17-30-16-15-28-25(31)18-30/h1-12H,13-18H2,(H,28,31)(H,29,32). The number of hydrogen-bond acceptors (Lipinski definition) is 3. The molecule has 1 heterocycles. The van der Waals surface area contributed by atoms with Crippen LogP contribution in [0.5, 0.6) is 0 Å². The van der Waals surface area contributed by atoms with Gasteiger partial charge in [0.2, 0.25) is 5.91 Å². The summed E-state index contributed by atoms with van der Waals surface area (Å²) in [6.45, 7) is 3.38. The van der Waals surface area contributed by atoms with Crippen molar-refractivity contribution in [1.82, 2.24) is 15.5 Å². The smallest absolute Gasteiger partial charge is 0.251 e. The normalized spacial score (nSPS) is 14.1. The van der Waals surface area contributed by atoms with Crippen LogP contribution >= 0.6 is 11.6 Å². The van der Waals surface area contributed by atoms with Gasteiger partial charge in [0, 0.05) is 36.8 Å². The fourth-order valence-corrected chi connectivity index (χ4v) is 3.90. The highest BCUT2D eigenvalue weighted by atomic mass is 35.5. The monoisotopic (exact) mass is 447 g/mol. The van der Waals surface area contributed by atoms with Crippen molar-refractivity contribution in [3.63, 3.8) is 0 Å². The topological polar surface area (TPSA) is 61.4 Å². The van der Waals surface area contributed by atoms with E-state index in [1.807, 2.05) is 48.5 Å². The number of carbonyl (C=O) groups is 2. The molecule has 1 saturated heterocycles. The number of carbonyl (C=O) groups excluding carboxylic acids is 2. The Balaban J connectivity index is 1.24. The third-order valence-corrected chi connectivity index (χ3v) is 5.82. The van der Waals surface area contributed by atoms with Crippen molar-refractivity contribution in [3.05, 3.63) is 94.5 Å². The molecule has 0 atom stereocenters. The number of nitrogens with one attached hydrogen (secondary N) is 2. The maximum Gasteiger partial charge on any atom is 0.251 e. The predicted molar refractivity (Wildman–Crippen MR) is 128 cm³/mol. The van der Waals surface area contributed by atoms with Crippen LogP contribution in [0.1, 0.15) is 21.5 Å². The number of rotatable bonds is 7. The number of piperazine rings is 1. The lowest BCUT2D eigenvalue weighted by molar-refractivity contribution is -0.124. The van der Waals surface area contributed by atoms with E-state index in [2.05, 4.69) is 39.8 Å². The van der Waals surface area contributed by atoms with E-state index in [0.29, 0.717) is 30.2 Å². The molecule has 1 aliphatic rings. The fraction of sp³-hybridized carbons (Fsp3) is 0.231. The number of benzene rings is 3. The average molecular weight is 448 g/mol. The van der Waals surface area contributed by atoms with Crippen LogP contribution in [0, 0.1) is 0 Å². The van der Waals surface area contributed by atoms with Crippen LogP contribution < -0.4 is 10.6 Å². The summed E-state index contributed by atoms with van der Waals surface area (Å²) in [6, 6.07) is 23.6. The fourth-order valence-electron chi connectivity index (χ4n) is 3.77. The summed E-state index contributed by atoms with van der Waals surface area (Å²) < 4.78 is 0. The Hall–Kier alpha value is -3.15. The molecule has 0 unspecified atom stereocenters. The zero-order valence-corrected chi connectivity index (χ0v) is 18.6. The van der Waals surface area contributed by atoms with Crippen LogP contribution in [0.4, 0.5) is 0 Å². The number of nitrogens with zero attached hydrogens (tertiary/aromatic N) is 1. The zero-order valence-electron chi connectivity index (χ0n) is 17.8. The Bertz CT molecular complexity index is 1060. The highest BCUT2D eigenvalue weighted by Crippen LogP contribution is 2.22. The second-order valence-corrected chi connectivity index (χ2v) is 8.40. The molecule has 2 amide bonds.